The number of unbranched alkanes of at least 4 members (excludes halogenated alkanes) is 30. The summed E-state index contributed by atoms with van der Waals surface area (Å²) in [6, 6.07) is -1.00. The second-order valence-corrected chi connectivity index (χ2v) is 18.8. The van der Waals surface area contributed by atoms with E-state index in [1.165, 1.54) is 161 Å². The first-order valence-electron chi connectivity index (χ1n) is 26.8. The zero-order chi connectivity index (χ0) is 46.7. The molecule has 7 N–H and O–H groups in total. The second kappa shape index (κ2) is 43.9. The number of amides is 1. The van der Waals surface area contributed by atoms with E-state index in [0.717, 1.165) is 44.9 Å². The number of hydrogen-bond acceptors (Lipinski definition) is 9. The maximum Gasteiger partial charge on any atom is 0.249 e. The first kappa shape index (κ1) is 60.4. The quantitative estimate of drug-likeness (QED) is 0.0232. The maximum atomic E-state index is 13.1. The minimum absolute atomic E-state index is 0.304. The van der Waals surface area contributed by atoms with Crippen LogP contribution in [0.25, 0.3) is 0 Å². The number of rotatable bonds is 45. The van der Waals surface area contributed by atoms with Crippen molar-refractivity contribution in [1.29, 1.82) is 0 Å². The van der Waals surface area contributed by atoms with Crippen LogP contribution in [0.2, 0.25) is 0 Å². The van der Waals surface area contributed by atoms with Gasteiger partial charge in [-0.15, -0.1) is 0 Å². The van der Waals surface area contributed by atoms with Gasteiger partial charge >= 0.3 is 0 Å². The van der Waals surface area contributed by atoms with Gasteiger partial charge in [0.15, 0.2) is 6.29 Å². The van der Waals surface area contributed by atoms with Crippen molar-refractivity contribution in [3.8, 4) is 0 Å². The lowest BCUT2D eigenvalue weighted by atomic mass is 9.99. The third-order valence-corrected chi connectivity index (χ3v) is 12.8. The summed E-state index contributed by atoms with van der Waals surface area (Å²) in [6.07, 6.45) is 45.5. The van der Waals surface area contributed by atoms with Crippen molar-refractivity contribution in [2.45, 2.75) is 288 Å². The highest BCUT2D eigenvalue weighted by Gasteiger charge is 2.44. The van der Waals surface area contributed by atoms with Crippen molar-refractivity contribution in [1.82, 2.24) is 5.32 Å². The van der Waals surface area contributed by atoms with E-state index >= 15 is 0 Å². The minimum Gasteiger partial charge on any atom is -0.394 e. The Bertz CT molecular complexity index is 1120. The summed E-state index contributed by atoms with van der Waals surface area (Å²) in [5.74, 6) is -0.628. The van der Waals surface area contributed by atoms with Gasteiger partial charge in [0.05, 0.1) is 25.4 Å². The van der Waals surface area contributed by atoms with Crippen LogP contribution in [0.1, 0.15) is 239 Å². The van der Waals surface area contributed by atoms with Crippen LogP contribution in [-0.4, -0.2) is 98.7 Å². The molecule has 0 aromatic carbocycles. The van der Waals surface area contributed by atoms with Crippen LogP contribution in [0.15, 0.2) is 36.5 Å². The van der Waals surface area contributed by atoms with Crippen LogP contribution < -0.4 is 5.32 Å². The van der Waals surface area contributed by atoms with Crippen LogP contribution in [0, 0.1) is 0 Å². The topological polar surface area (TPSA) is 169 Å². The highest BCUT2D eigenvalue weighted by Crippen LogP contribution is 2.23. The van der Waals surface area contributed by atoms with E-state index in [4.69, 9.17) is 9.47 Å². The molecule has 10 heteroatoms. The van der Waals surface area contributed by atoms with E-state index in [1.807, 2.05) is 6.08 Å². The fourth-order valence-electron chi connectivity index (χ4n) is 8.42. The van der Waals surface area contributed by atoms with Gasteiger partial charge in [0.1, 0.15) is 30.5 Å². The molecule has 0 aliphatic carbocycles. The van der Waals surface area contributed by atoms with Crippen LogP contribution >= 0.6 is 0 Å². The molecule has 1 amide bonds. The Morgan fingerprint density at radius 1 is 0.531 bits per heavy atom. The first-order valence-corrected chi connectivity index (χ1v) is 26.8. The summed E-state index contributed by atoms with van der Waals surface area (Å²) in [6.45, 7) is 3.55. The third-order valence-electron chi connectivity index (χ3n) is 12.8. The molecule has 0 aromatic rings. The fourth-order valence-corrected chi connectivity index (χ4v) is 8.42. The molecule has 1 rings (SSSR count). The third kappa shape index (κ3) is 32.9. The SMILES string of the molecule is CCCC/C=C/CC/C=C/CC/C=C/C(O)C(COC1OC(CO)C(O)C(O)C1O)NC(=O)C(O)CCCCCCCCCCCCCCCCCCCCCCCCCCCCC. The smallest absolute Gasteiger partial charge is 0.249 e. The van der Waals surface area contributed by atoms with Crippen LogP contribution in [0.5, 0.6) is 0 Å². The average Bonchev–Trinajstić information content (AvgIpc) is 3.29. The number of nitrogens with one attached hydrogen (secondary N) is 1. The first-order chi connectivity index (χ1) is 31.3. The molecule has 8 atom stereocenters. The van der Waals surface area contributed by atoms with Gasteiger partial charge in [0, 0.05) is 0 Å². The van der Waals surface area contributed by atoms with E-state index < -0.39 is 61.5 Å². The predicted octanol–water partition coefficient (Wildman–Crippen LogP) is 11.4. The van der Waals surface area contributed by atoms with Crippen molar-refractivity contribution in [2.75, 3.05) is 13.2 Å². The molecule has 1 aliphatic heterocycles. The lowest BCUT2D eigenvalue weighted by Crippen LogP contribution is -2.60. The van der Waals surface area contributed by atoms with Crippen molar-refractivity contribution in [2.24, 2.45) is 0 Å². The van der Waals surface area contributed by atoms with E-state index in [1.54, 1.807) is 6.08 Å². The molecule has 64 heavy (non-hydrogen) atoms. The fraction of sp³-hybridized carbons (Fsp3) is 0.870. The summed E-state index contributed by atoms with van der Waals surface area (Å²) in [5, 5.41) is 64.7. The van der Waals surface area contributed by atoms with E-state index in [0.29, 0.717) is 19.3 Å². The Kier molecular flexibility index (Phi) is 41.4. The molecule has 0 bridgehead atoms. The van der Waals surface area contributed by atoms with Crippen LogP contribution in [-0.2, 0) is 14.3 Å². The number of carbonyl (C=O) groups excluding carboxylic acids is 1. The standard InChI is InChI=1S/C54H101NO9/c1-3-5-7-9-11-13-15-17-18-19-20-21-22-23-24-25-26-27-28-29-30-31-33-35-37-39-41-43-48(58)53(62)55-46(45-63-54-52(61)51(60)50(59)49(44-56)64-54)47(57)42-40-38-36-34-32-16-14-12-10-8-6-4-2/h10,12,32,34,40,42,46-52,54,56-61H,3-9,11,13-31,33,35-39,41,43-45H2,1-2H3,(H,55,62)/b12-10+,34-32+,42-40+. The Morgan fingerprint density at radius 3 is 1.34 bits per heavy atom. The lowest BCUT2D eigenvalue weighted by Gasteiger charge is -2.40. The molecular weight excluding hydrogens is 807 g/mol. The zero-order valence-corrected chi connectivity index (χ0v) is 41.2. The van der Waals surface area contributed by atoms with Gasteiger partial charge in [-0.25, -0.2) is 0 Å². The maximum absolute atomic E-state index is 13.1. The molecular formula is C54H101NO9. The van der Waals surface area contributed by atoms with E-state index in [-0.39, 0.29) is 6.61 Å². The predicted molar refractivity (Wildman–Crippen MR) is 264 cm³/mol. The summed E-state index contributed by atoms with van der Waals surface area (Å²) in [5.41, 5.74) is 0. The molecule has 8 unspecified atom stereocenters. The molecule has 0 spiro atoms. The van der Waals surface area contributed by atoms with Gasteiger partial charge in [0.25, 0.3) is 0 Å². The highest BCUT2D eigenvalue weighted by molar-refractivity contribution is 5.80. The molecule has 376 valence electrons. The number of ether oxygens (including phenoxy) is 2. The van der Waals surface area contributed by atoms with Gasteiger partial charge in [0.2, 0.25) is 5.91 Å². The monoisotopic (exact) mass is 908 g/mol. The number of aliphatic hydroxyl groups is 6. The molecule has 0 aromatic heterocycles. The molecule has 1 aliphatic rings. The largest absolute Gasteiger partial charge is 0.394 e. The van der Waals surface area contributed by atoms with Crippen LogP contribution in [0.3, 0.4) is 0 Å². The summed E-state index contributed by atoms with van der Waals surface area (Å²) >= 11 is 0. The molecule has 1 heterocycles. The van der Waals surface area contributed by atoms with Gasteiger partial charge < -0.3 is 45.4 Å². The van der Waals surface area contributed by atoms with Gasteiger partial charge in [-0.2, -0.15) is 0 Å². The number of aliphatic hydroxyl groups excluding tert-OH is 6. The Balaban J connectivity index is 2.22. The second-order valence-electron chi connectivity index (χ2n) is 18.8. The van der Waals surface area contributed by atoms with Crippen molar-refractivity contribution >= 4 is 5.91 Å². The van der Waals surface area contributed by atoms with Gasteiger partial charge in [-0.05, 0) is 38.5 Å². The lowest BCUT2D eigenvalue weighted by molar-refractivity contribution is -0.302. The van der Waals surface area contributed by atoms with Crippen molar-refractivity contribution in [3.05, 3.63) is 36.5 Å². The normalized spacial score (nSPS) is 20.8. The van der Waals surface area contributed by atoms with Crippen molar-refractivity contribution in [3.63, 3.8) is 0 Å². The number of carbonyl (C=O) groups is 1. The minimum atomic E-state index is -1.62. The van der Waals surface area contributed by atoms with Crippen molar-refractivity contribution < 1.29 is 44.9 Å². The summed E-state index contributed by atoms with van der Waals surface area (Å²) < 4.78 is 11.1. The average molecular weight is 908 g/mol. The van der Waals surface area contributed by atoms with E-state index in [9.17, 15) is 35.4 Å². The zero-order valence-electron chi connectivity index (χ0n) is 41.2. The van der Waals surface area contributed by atoms with Gasteiger partial charge in [-0.3, -0.25) is 4.79 Å². The van der Waals surface area contributed by atoms with Crippen LogP contribution in [0.4, 0.5) is 0 Å². The molecule has 0 radical (unpaired) electrons. The molecule has 0 saturated carbocycles. The Labute approximate surface area is 392 Å². The number of allylic oxidation sites excluding steroid dienone is 5. The highest BCUT2D eigenvalue weighted by atomic mass is 16.7. The van der Waals surface area contributed by atoms with Gasteiger partial charge in [-0.1, -0.05) is 237 Å². The summed E-state index contributed by atoms with van der Waals surface area (Å²) in [7, 11) is 0. The molecule has 1 saturated heterocycles. The molecule has 10 nitrogen and oxygen atoms in total. The Hall–Kier alpha value is -1.63. The van der Waals surface area contributed by atoms with E-state index in [2.05, 4.69) is 43.5 Å². The molecule has 1 fully saturated rings. The number of hydrogen-bond donors (Lipinski definition) is 7. The Morgan fingerprint density at radius 2 is 0.922 bits per heavy atom. The summed E-state index contributed by atoms with van der Waals surface area (Å²) in [4.78, 5) is 13.1.